The van der Waals surface area contributed by atoms with Gasteiger partial charge in [0.25, 0.3) is 0 Å². The second kappa shape index (κ2) is 9.16. The predicted molar refractivity (Wildman–Crippen MR) is 114 cm³/mol. The first kappa shape index (κ1) is 25.0. The van der Waals surface area contributed by atoms with Gasteiger partial charge in [0, 0.05) is 18.1 Å². The lowest BCUT2D eigenvalue weighted by Crippen LogP contribution is -2.55. The minimum atomic E-state index is -4.91. The van der Waals surface area contributed by atoms with E-state index < -0.39 is 41.7 Å². The number of fused-ring (bicyclic) bond motifs is 2. The molecule has 0 aliphatic carbocycles. The molecule has 1 amide bonds. The topological polar surface area (TPSA) is 50.4 Å². The van der Waals surface area contributed by atoms with Gasteiger partial charge in [-0.1, -0.05) is 0 Å². The van der Waals surface area contributed by atoms with Gasteiger partial charge in [0.05, 0.1) is 29.8 Å². The molecule has 2 aromatic rings. The number of amides is 1. The maximum Gasteiger partial charge on any atom is 0.416 e. The normalized spacial score (nSPS) is 27.1. The van der Waals surface area contributed by atoms with Crippen LogP contribution in [0.4, 0.5) is 26.3 Å². The summed E-state index contributed by atoms with van der Waals surface area (Å²) in [6, 6.07) is 3.35. The molecule has 2 fully saturated rings. The number of benzene rings is 1. The van der Waals surface area contributed by atoms with Gasteiger partial charge in [-0.05, 0) is 72.3 Å². The zero-order chi connectivity index (χ0) is 24.7. The number of carbonyl (C=O) groups excluding carboxylic acids is 1. The summed E-state index contributed by atoms with van der Waals surface area (Å²) in [7, 11) is 0. The molecule has 3 heterocycles. The Hall–Kier alpha value is -2.11. The van der Waals surface area contributed by atoms with Crippen LogP contribution in [0.15, 0.2) is 35.0 Å². The first-order valence-corrected chi connectivity index (χ1v) is 11.8. The number of alkyl halides is 6. The molecule has 186 valence electrons. The largest absolute Gasteiger partial charge is 0.416 e. The maximum absolute atomic E-state index is 13.1. The molecular weight excluding hydrogens is 482 g/mol. The number of carbonyl (C=O) groups is 1. The van der Waals surface area contributed by atoms with E-state index in [1.165, 1.54) is 0 Å². The highest BCUT2D eigenvalue weighted by atomic mass is 32.1. The van der Waals surface area contributed by atoms with Gasteiger partial charge in [0.15, 0.2) is 0 Å². The van der Waals surface area contributed by atoms with Gasteiger partial charge < -0.3 is 15.4 Å². The average molecular weight is 507 g/mol. The Balaban J connectivity index is 1.42. The third kappa shape index (κ3) is 5.41. The number of halogens is 6. The molecule has 4 atom stereocenters. The molecule has 0 radical (unpaired) electrons. The van der Waals surface area contributed by atoms with Crippen LogP contribution in [0, 0.1) is 5.92 Å². The smallest absolute Gasteiger partial charge is 0.372 e. The van der Waals surface area contributed by atoms with E-state index in [0.717, 1.165) is 5.56 Å². The second-order valence-electron chi connectivity index (χ2n) is 9.12. The number of piperidine rings is 1. The van der Waals surface area contributed by atoms with Crippen LogP contribution in [-0.2, 0) is 35.0 Å². The molecule has 34 heavy (non-hydrogen) atoms. The van der Waals surface area contributed by atoms with Crippen LogP contribution in [0.2, 0.25) is 0 Å². The van der Waals surface area contributed by atoms with Crippen molar-refractivity contribution in [3.8, 4) is 0 Å². The molecule has 0 spiro atoms. The maximum atomic E-state index is 13.1. The number of nitrogens with one attached hydrogen (secondary N) is 2. The average Bonchev–Trinajstić information content (AvgIpc) is 3.36. The van der Waals surface area contributed by atoms with Gasteiger partial charge in [-0.3, -0.25) is 4.79 Å². The third-order valence-electron chi connectivity index (χ3n) is 6.58. The standard InChI is InChI=1S/C23H24F6N2O2S/c1-21-9-17(20(32)30-10-13-4-5-34-12-13)18(31-21)2-3-19(21)33-11-14-6-15(22(24,25)26)8-16(7-14)23(27,28)29/h4-8,12,17-19,31H,2-3,9-11H2,1H3,(H,30,32). The van der Waals surface area contributed by atoms with E-state index in [1.54, 1.807) is 11.3 Å². The van der Waals surface area contributed by atoms with Gasteiger partial charge in [-0.15, -0.1) is 0 Å². The quantitative estimate of drug-likeness (QED) is 0.508. The number of hydrogen-bond acceptors (Lipinski definition) is 4. The Labute approximate surface area is 196 Å². The highest BCUT2D eigenvalue weighted by Crippen LogP contribution is 2.42. The Bertz CT molecular complexity index is 991. The number of hydrogen-bond donors (Lipinski definition) is 2. The summed E-state index contributed by atoms with van der Waals surface area (Å²) in [4.78, 5) is 12.8. The van der Waals surface area contributed by atoms with Crippen molar-refractivity contribution in [2.24, 2.45) is 5.92 Å². The van der Waals surface area contributed by atoms with Gasteiger partial charge >= 0.3 is 12.4 Å². The van der Waals surface area contributed by atoms with Crippen molar-refractivity contribution in [1.82, 2.24) is 10.6 Å². The van der Waals surface area contributed by atoms with E-state index in [9.17, 15) is 31.1 Å². The zero-order valence-corrected chi connectivity index (χ0v) is 19.0. The van der Waals surface area contributed by atoms with Crippen molar-refractivity contribution in [1.29, 1.82) is 0 Å². The highest BCUT2D eigenvalue weighted by molar-refractivity contribution is 7.07. The van der Waals surface area contributed by atoms with Crippen molar-refractivity contribution in [3.05, 3.63) is 57.3 Å². The molecular formula is C23H24F6N2O2S. The van der Waals surface area contributed by atoms with Crippen LogP contribution in [-0.4, -0.2) is 23.6 Å². The predicted octanol–water partition coefficient (Wildman–Crippen LogP) is 5.52. The first-order valence-electron chi connectivity index (χ1n) is 10.8. The molecule has 1 aromatic heterocycles. The Morgan fingerprint density at radius 1 is 1.12 bits per heavy atom. The highest BCUT2D eigenvalue weighted by Gasteiger charge is 2.52. The van der Waals surface area contributed by atoms with Crippen LogP contribution < -0.4 is 10.6 Å². The van der Waals surface area contributed by atoms with Gasteiger partial charge in [-0.2, -0.15) is 37.7 Å². The summed E-state index contributed by atoms with van der Waals surface area (Å²) in [6.07, 6.45) is -8.63. The molecule has 0 saturated carbocycles. The molecule has 4 nitrogen and oxygen atoms in total. The third-order valence-corrected chi connectivity index (χ3v) is 7.31. The Morgan fingerprint density at radius 2 is 1.79 bits per heavy atom. The lowest BCUT2D eigenvalue weighted by molar-refractivity contribution is -0.143. The molecule has 2 aliphatic rings. The fourth-order valence-corrected chi connectivity index (χ4v) is 5.55. The molecule has 2 bridgehead atoms. The fourth-order valence-electron chi connectivity index (χ4n) is 4.89. The first-order chi connectivity index (χ1) is 15.8. The molecule has 2 saturated heterocycles. The van der Waals surface area contributed by atoms with Crippen LogP contribution in [0.25, 0.3) is 0 Å². The molecule has 2 aliphatic heterocycles. The summed E-state index contributed by atoms with van der Waals surface area (Å²) in [5.41, 5.74) is -2.52. The fraction of sp³-hybridized carbons (Fsp3) is 0.522. The SMILES string of the molecule is CC12CC(C(=O)NCc3ccsc3)C(CCC1OCc1cc(C(F)(F)F)cc(C(F)(F)F)c1)N2. The van der Waals surface area contributed by atoms with Crippen molar-refractivity contribution in [2.75, 3.05) is 0 Å². The van der Waals surface area contributed by atoms with Gasteiger partial charge in [0.1, 0.15) is 0 Å². The van der Waals surface area contributed by atoms with E-state index in [1.807, 2.05) is 23.8 Å². The summed E-state index contributed by atoms with van der Waals surface area (Å²) in [5, 5.41) is 10.2. The van der Waals surface area contributed by atoms with Crippen LogP contribution in [0.5, 0.6) is 0 Å². The molecule has 1 aromatic carbocycles. The molecule has 4 unspecified atom stereocenters. The lowest BCUT2D eigenvalue weighted by atomic mass is 9.88. The molecule has 11 heteroatoms. The van der Waals surface area contributed by atoms with E-state index in [0.29, 0.717) is 37.9 Å². The van der Waals surface area contributed by atoms with Crippen LogP contribution in [0.1, 0.15) is 48.4 Å². The lowest BCUT2D eigenvalue weighted by Gasteiger charge is -2.39. The van der Waals surface area contributed by atoms with Crippen molar-refractivity contribution in [2.45, 2.75) is 69.4 Å². The van der Waals surface area contributed by atoms with E-state index in [4.69, 9.17) is 4.74 Å². The van der Waals surface area contributed by atoms with E-state index in [-0.39, 0.29) is 29.5 Å². The monoisotopic (exact) mass is 506 g/mol. The van der Waals surface area contributed by atoms with E-state index in [2.05, 4.69) is 10.6 Å². The zero-order valence-electron chi connectivity index (χ0n) is 18.2. The minimum absolute atomic E-state index is 0.0577. The van der Waals surface area contributed by atoms with Crippen molar-refractivity contribution < 1.29 is 35.9 Å². The van der Waals surface area contributed by atoms with E-state index >= 15 is 0 Å². The summed E-state index contributed by atoms with van der Waals surface area (Å²) in [6.45, 7) is 1.91. The summed E-state index contributed by atoms with van der Waals surface area (Å²) < 4.78 is 84.6. The molecule has 2 N–H and O–H groups in total. The number of ether oxygens (including phenoxy) is 1. The van der Waals surface area contributed by atoms with Crippen molar-refractivity contribution >= 4 is 17.2 Å². The summed E-state index contributed by atoms with van der Waals surface area (Å²) >= 11 is 1.54. The van der Waals surface area contributed by atoms with Crippen LogP contribution >= 0.6 is 11.3 Å². The Kier molecular flexibility index (Phi) is 6.73. The minimum Gasteiger partial charge on any atom is -0.372 e. The Morgan fingerprint density at radius 3 is 2.38 bits per heavy atom. The second-order valence-corrected chi connectivity index (χ2v) is 9.90. The van der Waals surface area contributed by atoms with Crippen molar-refractivity contribution in [3.63, 3.8) is 0 Å². The molecule has 4 rings (SSSR count). The number of rotatable bonds is 6. The van der Waals surface area contributed by atoms with Gasteiger partial charge in [0.2, 0.25) is 5.91 Å². The van der Waals surface area contributed by atoms with Gasteiger partial charge in [-0.25, -0.2) is 0 Å². The van der Waals surface area contributed by atoms with Crippen LogP contribution in [0.3, 0.4) is 0 Å². The summed E-state index contributed by atoms with van der Waals surface area (Å²) in [5.74, 6) is -0.372. The number of thiophene rings is 1.